The molecule has 1 saturated heterocycles. The lowest BCUT2D eigenvalue weighted by Gasteiger charge is -2.39. The molecule has 1 aliphatic heterocycles. The lowest BCUT2D eigenvalue weighted by molar-refractivity contribution is -0.163. The third-order valence-corrected chi connectivity index (χ3v) is 5.18. The fourth-order valence-electron chi connectivity index (χ4n) is 3.54. The Morgan fingerprint density at radius 1 is 1.35 bits per heavy atom. The van der Waals surface area contributed by atoms with Gasteiger partial charge in [0.1, 0.15) is 0 Å². The molecular formula is C18H28N4O4. The van der Waals surface area contributed by atoms with Gasteiger partial charge < -0.3 is 19.5 Å². The van der Waals surface area contributed by atoms with Gasteiger partial charge in [0.05, 0.1) is 13.2 Å². The van der Waals surface area contributed by atoms with Crippen LogP contribution < -0.4 is 5.32 Å². The second-order valence-corrected chi connectivity index (χ2v) is 7.31. The number of aromatic nitrogens is 2. The predicted molar refractivity (Wildman–Crippen MR) is 93.3 cm³/mol. The summed E-state index contributed by atoms with van der Waals surface area (Å²) in [5.41, 5.74) is -0.990. The van der Waals surface area contributed by atoms with Crippen LogP contribution in [0.1, 0.15) is 57.7 Å². The van der Waals surface area contributed by atoms with Crippen LogP contribution in [0.3, 0.4) is 0 Å². The van der Waals surface area contributed by atoms with Crippen molar-refractivity contribution in [1.82, 2.24) is 20.4 Å². The molecular weight excluding hydrogens is 336 g/mol. The summed E-state index contributed by atoms with van der Waals surface area (Å²) in [6.45, 7) is 4.84. The van der Waals surface area contributed by atoms with Crippen LogP contribution in [0.15, 0.2) is 4.52 Å². The average Bonchev–Trinajstić information content (AvgIpc) is 3.31. The minimum Gasteiger partial charge on any atom is -0.362 e. The first-order valence-electron chi connectivity index (χ1n) is 9.54. The van der Waals surface area contributed by atoms with E-state index in [9.17, 15) is 9.59 Å². The van der Waals surface area contributed by atoms with Gasteiger partial charge in [0.2, 0.25) is 11.8 Å². The lowest BCUT2D eigenvalue weighted by Crippen LogP contribution is -2.60. The summed E-state index contributed by atoms with van der Waals surface area (Å²) in [4.78, 5) is 31.1. The molecule has 1 N–H and O–H groups in total. The molecule has 2 aliphatic rings. The summed E-state index contributed by atoms with van der Waals surface area (Å²) in [6.07, 6.45) is 5.75. The van der Waals surface area contributed by atoms with E-state index in [1.165, 1.54) is 0 Å². The van der Waals surface area contributed by atoms with Crippen LogP contribution in [0.5, 0.6) is 0 Å². The van der Waals surface area contributed by atoms with Crippen molar-refractivity contribution in [3.05, 3.63) is 11.7 Å². The smallest absolute Gasteiger partial charge is 0.254 e. The molecule has 1 atom stereocenters. The van der Waals surface area contributed by atoms with Crippen LogP contribution in [0.25, 0.3) is 0 Å². The number of rotatable bonds is 6. The molecule has 0 bridgehead atoms. The number of amides is 2. The van der Waals surface area contributed by atoms with Crippen molar-refractivity contribution >= 4 is 11.8 Å². The van der Waals surface area contributed by atoms with E-state index in [2.05, 4.69) is 15.5 Å². The Hall–Kier alpha value is -1.96. The Kier molecular flexibility index (Phi) is 5.90. The number of hydrogen-bond donors (Lipinski definition) is 1. The molecule has 3 rings (SSSR count). The summed E-state index contributed by atoms with van der Waals surface area (Å²) in [7, 11) is 0. The van der Waals surface area contributed by atoms with Gasteiger partial charge in [-0.15, -0.1) is 0 Å². The van der Waals surface area contributed by atoms with Crippen molar-refractivity contribution in [3.63, 3.8) is 0 Å². The Bertz CT molecular complexity index is 641. The maximum atomic E-state index is 12.7. The molecule has 8 heteroatoms. The van der Waals surface area contributed by atoms with Gasteiger partial charge in [-0.25, -0.2) is 0 Å². The first-order chi connectivity index (χ1) is 12.5. The van der Waals surface area contributed by atoms with Crippen LogP contribution >= 0.6 is 0 Å². The van der Waals surface area contributed by atoms with Gasteiger partial charge in [-0.05, 0) is 19.8 Å². The number of morpholine rings is 1. The highest BCUT2D eigenvalue weighted by Gasteiger charge is 2.41. The highest BCUT2D eigenvalue weighted by molar-refractivity contribution is 5.86. The summed E-state index contributed by atoms with van der Waals surface area (Å²) >= 11 is 0. The van der Waals surface area contributed by atoms with Gasteiger partial charge >= 0.3 is 0 Å². The Morgan fingerprint density at radius 3 is 2.81 bits per heavy atom. The van der Waals surface area contributed by atoms with Gasteiger partial charge in [-0.3, -0.25) is 9.59 Å². The maximum absolute atomic E-state index is 12.7. The molecule has 2 heterocycles. The number of ether oxygens (including phenoxy) is 1. The monoisotopic (exact) mass is 364 g/mol. The van der Waals surface area contributed by atoms with E-state index in [1.807, 2.05) is 6.92 Å². The third-order valence-electron chi connectivity index (χ3n) is 5.18. The first kappa shape index (κ1) is 18.8. The van der Waals surface area contributed by atoms with Gasteiger partial charge in [-0.2, -0.15) is 4.98 Å². The van der Waals surface area contributed by atoms with E-state index >= 15 is 0 Å². The highest BCUT2D eigenvalue weighted by atomic mass is 16.5. The zero-order valence-electron chi connectivity index (χ0n) is 15.6. The van der Waals surface area contributed by atoms with Crippen molar-refractivity contribution in [3.8, 4) is 0 Å². The molecule has 144 valence electrons. The molecule has 26 heavy (non-hydrogen) atoms. The Balaban J connectivity index is 1.52. The van der Waals surface area contributed by atoms with Crippen molar-refractivity contribution in [2.24, 2.45) is 0 Å². The van der Waals surface area contributed by atoms with Gasteiger partial charge in [-0.1, -0.05) is 24.9 Å². The van der Waals surface area contributed by atoms with Crippen LogP contribution in [-0.4, -0.2) is 58.2 Å². The molecule has 1 aromatic rings. The summed E-state index contributed by atoms with van der Waals surface area (Å²) in [6, 6.07) is 0.235. The molecule has 0 aromatic carbocycles. The van der Waals surface area contributed by atoms with E-state index in [0.717, 1.165) is 25.7 Å². The van der Waals surface area contributed by atoms with Crippen LogP contribution in [0, 0.1) is 0 Å². The summed E-state index contributed by atoms with van der Waals surface area (Å²) in [5, 5.41) is 6.92. The SMILES string of the molecule is CCc1noc(CCC(=O)N2CCO[C@](C)(C(=O)NC3CCCC3)C2)n1. The van der Waals surface area contributed by atoms with Crippen molar-refractivity contribution in [2.75, 3.05) is 19.7 Å². The number of carbonyl (C=O) groups is 2. The van der Waals surface area contributed by atoms with E-state index in [1.54, 1.807) is 11.8 Å². The standard InChI is InChI=1S/C18H28N4O4/c1-3-14-20-15(26-21-14)8-9-16(23)22-10-11-25-18(2,12-22)17(24)19-13-6-4-5-7-13/h13H,3-12H2,1-2H3,(H,19,24)/t18-/m0/s1. The van der Waals surface area contributed by atoms with Gasteiger partial charge in [0.25, 0.3) is 5.91 Å². The minimum atomic E-state index is -0.990. The fourth-order valence-corrected chi connectivity index (χ4v) is 3.54. The molecule has 8 nitrogen and oxygen atoms in total. The topological polar surface area (TPSA) is 97.6 Å². The predicted octanol–water partition coefficient (Wildman–Crippen LogP) is 1.24. The number of carbonyl (C=O) groups excluding carboxylic acids is 2. The fraction of sp³-hybridized carbons (Fsp3) is 0.778. The Labute approximate surface area is 153 Å². The van der Waals surface area contributed by atoms with Crippen LogP contribution in [0.4, 0.5) is 0 Å². The van der Waals surface area contributed by atoms with E-state index in [4.69, 9.17) is 9.26 Å². The second kappa shape index (κ2) is 8.16. The van der Waals surface area contributed by atoms with Crippen molar-refractivity contribution in [2.45, 2.75) is 70.4 Å². The van der Waals surface area contributed by atoms with E-state index < -0.39 is 5.60 Å². The number of nitrogens with one attached hydrogen (secondary N) is 1. The molecule has 0 unspecified atom stereocenters. The van der Waals surface area contributed by atoms with Gasteiger partial charge in [0, 0.05) is 31.8 Å². The number of aryl methyl sites for hydroxylation is 2. The molecule has 2 fully saturated rings. The second-order valence-electron chi connectivity index (χ2n) is 7.31. The molecule has 1 saturated carbocycles. The molecule has 1 aromatic heterocycles. The summed E-state index contributed by atoms with van der Waals surface area (Å²) in [5.74, 6) is 0.982. The molecule has 2 amide bonds. The zero-order valence-corrected chi connectivity index (χ0v) is 15.6. The molecule has 0 spiro atoms. The first-order valence-corrected chi connectivity index (χ1v) is 9.54. The lowest BCUT2D eigenvalue weighted by atomic mass is 10.0. The molecule has 1 aliphatic carbocycles. The normalized spacial score (nSPS) is 24.0. The van der Waals surface area contributed by atoms with Crippen LogP contribution in [0.2, 0.25) is 0 Å². The maximum Gasteiger partial charge on any atom is 0.254 e. The highest BCUT2D eigenvalue weighted by Crippen LogP contribution is 2.22. The van der Waals surface area contributed by atoms with Crippen molar-refractivity contribution < 1.29 is 18.8 Å². The number of nitrogens with zero attached hydrogens (tertiary/aromatic N) is 3. The van der Waals surface area contributed by atoms with E-state index in [-0.39, 0.29) is 30.8 Å². The Morgan fingerprint density at radius 2 is 2.12 bits per heavy atom. The van der Waals surface area contributed by atoms with Gasteiger partial charge in [0.15, 0.2) is 11.4 Å². The minimum absolute atomic E-state index is 0.0237. The quantitative estimate of drug-likeness (QED) is 0.816. The molecule has 0 radical (unpaired) electrons. The van der Waals surface area contributed by atoms with Crippen LogP contribution in [-0.2, 0) is 27.2 Å². The van der Waals surface area contributed by atoms with E-state index in [0.29, 0.717) is 37.7 Å². The largest absolute Gasteiger partial charge is 0.362 e. The average molecular weight is 364 g/mol. The van der Waals surface area contributed by atoms with Crippen molar-refractivity contribution in [1.29, 1.82) is 0 Å². The summed E-state index contributed by atoms with van der Waals surface area (Å²) < 4.78 is 10.9. The third kappa shape index (κ3) is 4.41. The number of hydrogen-bond acceptors (Lipinski definition) is 6. The zero-order chi connectivity index (χ0) is 18.6.